The highest BCUT2D eigenvalue weighted by molar-refractivity contribution is 5.81. The van der Waals surface area contributed by atoms with Crippen LogP contribution >= 0.6 is 0 Å². The summed E-state index contributed by atoms with van der Waals surface area (Å²) >= 11 is 0. The average Bonchev–Trinajstić information content (AvgIpc) is 2.18. The van der Waals surface area contributed by atoms with Crippen molar-refractivity contribution in [1.29, 1.82) is 0 Å². The summed E-state index contributed by atoms with van der Waals surface area (Å²) in [6, 6.07) is 0.0369. The Morgan fingerprint density at radius 1 is 1.50 bits per heavy atom. The number of Topliss-reactive ketones (excluding diaryl/α,β-unsaturated/α-hetero) is 1. The number of carbonyl (C=O) groups excluding carboxylic acids is 1. The van der Waals surface area contributed by atoms with E-state index in [4.69, 9.17) is 6.42 Å². The molecule has 1 heterocycles. The zero-order valence-corrected chi connectivity index (χ0v) is 9.34. The van der Waals surface area contributed by atoms with E-state index in [2.05, 4.69) is 10.8 Å². The summed E-state index contributed by atoms with van der Waals surface area (Å²) in [5.74, 6) is 3.01. The molecule has 1 atom stereocenters. The number of nitrogens with zero attached hydrogens (tertiary/aromatic N) is 1. The Bertz CT molecular complexity index is 262. The minimum absolute atomic E-state index is 0.0369. The van der Waals surface area contributed by atoms with Gasteiger partial charge in [-0.1, -0.05) is 12.3 Å². The second kappa shape index (κ2) is 4.14. The highest BCUT2D eigenvalue weighted by Crippen LogP contribution is 2.25. The second-order valence-electron chi connectivity index (χ2n) is 4.52. The fourth-order valence-electron chi connectivity index (χ4n) is 2.11. The molecule has 0 saturated carbocycles. The van der Waals surface area contributed by atoms with Crippen LogP contribution in [0.5, 0.6) is 0 Å². The number of hydrogen-bond acceptors (Lipinski definition) is 2. The summed E-state index contributed by atoms with van der Waals surface area (Å²) in [7, 11) is 0. The van der Waals surface area contributed by atoms with Crippen LogP contribution in [0.15, 0.2) is 0 Å². The average molecular weight is 193 g/mol. The molecule has 0 radical (unpaired) electrons. The largest absolute Gasteiger partial charge is 0.298 e. The van der Waals surface area contributed by atoms with Crippen LogP contribution in [0.2, 0.25) is 0 Å². The minimum Gasteiger partial charge on any atom is -0.298 e. The highest BCUT2D eigenvalue weighted by Gasteiger charge is 2.35. The molecule has 1 aliphatic heterocycles. The minimum atomic E-state index is -0.295. The zero-order chi connectivity index (χ0) is 10.8. The number of piperidine rings is 1. The Morgan fingerprint density at radius 3 is 2.64 bits per heavy atom. The van der Waals surface area contributed by atoms with Gasteiger partial charge in [0, 0.05) is 6.54 Å². The van der Waals surface area contributed by atoms with Gasteiger partial charge in [-0.15, -0.1) is 6.42 Å². The van der Waals surface area contributed by atoms with Crippen LogP contribution < -0.4 is 0 Å². The number of rotatable bonds is 2. The highest BCUT2D eigenvalue weighted by atomic mass is 16.1. The predicted molar refractivity (Wildman–Crippen MR) is 57.9 cm³/mol. The summed E-state index contributed by atoms with van der Waals surface area (Å²) < 4.78 is 0. The molecule has 78 valence electrons. The normalized spacial score (nSPS) is 24.3. The molecule has 1 fully saturated rings. The standard InChI is InChI=1S/C12H19NO/c1-5-12(3,4)13-9-7-6-8-11(13)10(2)14/h1,11H,6-9H2,2-4H3. The van der Waals surface area contributed by atoms with E-state index in [0.29, 0.717) is 0 Å². The van der Waals surface area contributed by atoms with Gasteiger partial charge in [0.1, 0.15) is 5.78 Å². The third-order valence-corrected chi connectivity index (χ3v) is 3.04. The molecule has 0 spiro atoms. The van der Waals surface area contributed by atoms with E-state index in [1.165, 1.54) is 0 Å². The van der Waals surface area contributed by atoms with Crippen LogP contribution in [0, 0.1) is 12.3 Å². The lowest BCUT2D eigenvalue weighted by Gasteiger charge is -2.42. The molecule has 1 aliphatic rings. The van der Waals surface area contributed by atoms with Crippen LogP contribution in [0.1, 0.15) is 40.0 Å². The number of likely N-dealkylation sites (tertiary alicyclic amines) is 1. The first kappa shape index (κ1) is 11.3. The molecule has 14 heavy (non-hydrogen) atoms. The van der Waals surface area contributed by atoms with Gasteiger partial charge in [0.05, 0.1) is 11.6 Å². The fourth-order valence-corrected chi connectivity index (χ4v) is 2.11. The first-order chi connectivity index (χ1) is 6.49. The number of terminal acetylenes is 1. The van der Waals surface area contributed by atoms with Crippen molar-refractivity contribution in [3.63, 3.8) is 0 Å². The van der Waals surface area contributed by atoms with Crippen LogP contribution in [0.4, 0.5) is 0 Å². The van der Waals surface area contributed by atoms with E-state index in [1.807, 2.05) is 13.8 Å². The van der Waals surface area contributed by atoms with Gasteiger partial charge in [-0.25, -0.2) is 0 Å². The molecule has 1 saturated heterocycles. The van der Waals surface area contributed by atoms with Crippen molar-refractivity contribution in [2.24, 2.45) is 0 Å². The summed E-state index contributed by atoms with van der Waals surface area (Å²) in [4.78, 5) is 13.6. The lowest BCUT2D eigenvalue weighted by Crippen LogP contribution is -2.54. The van der Waals surface area contributed by atoms with Gasteiger partial charge in [-0.05, 0) is 33.6 Å². The summed E-state index contributed by atoms with van der Waals surface area (Å²) in [5.41, 5.74) is -0.295. The smallest absolute Gasteiger partial charge is 0.146 e. The second-order valence-corrected chi connectivity index (χ2v) is 4.52. The van der Waals surface area contributed by atoms with Crippen LogP contribution in [-0.2, 0) is 4.79 Å². The molecule has 0 aromatic carbocycles. The third-order valence-electron chi connectivity index (χ3n) is 3.04. The van der Waals surface area contributed by atoms with Gasteiger partial charge in [0.15, 0.2) is 0 Å². The van der Waals surface area contributed by atoms with Crippen molar-refractivity contribution in [2.45, 2.75) is 51.6 Å². The first-order valence-corrected chi connectivity index (χ1v) is 5.24. The molecular formula is C12H19NO. The summed E-state index contributed by atoms with van der Waals surface area (Å²) in [5, 5.41) is 0. The van der Waals surface area contributed by atoms with Gasteiger partial charge in [-0.3, -0.25) is 9.69 Å². The molecule has 0 N–H and O–H groups in total. The Hall–Kier alpha value is -0.810. The van der Waals surface area contributed by atoms with E-state index in [0.717, 1.165) is 25.8 Å². The Morgan fingerprint density at radius 2 is 2.14 bits per heavy atom. The summed E-state index contributed by atoms with van der Waals surface area (Å²) in [6.07, 6.45) is 8.74. The van der Waals surface area contributed by atoms with E-state index >= 15 is 0 Å². The molecule has 1 rings (SSSR count). The molecule has 1 unspecified atom stereocenters. The van der Waals surface area contributed by atoms with Crippen LogP contribution in [0.25, 0.3) is 0 Å². The molecule has 2 nitrogen and oxygen atoms in total. The molecule has 2 heteroatoms. The van der Waals surface area contributed by atoms with Crippen molar-refractivity contribution in [3.05, 3.63) is 0 Å². The molecule has 0 aliphatic carbocycles. The monoisotopic (exact) mass is 193 g/mol. The lowest BCUT2D eigenvalue weighted by atomic mass is 9.92. The van der Waals surface area contributed by atoms with Crippen molar-refractivity contribution >= 4 is 5.78 Å². The molecule has 0 bridgehead atoms. The van der Waals surface area contributed by atoms with Crippen molar-refractivity contribution in [1.82, 2.24) is 4.90 Å². The topological polar surface area (TPSA) is 20.3 Å². The van der Waals surface area contributed by atoms with Crippen molar-refractivity contribution in [3.8, 4) is 12.3 Å². The maximum absolute atomic E-state index is 11.5. The predicted octanol–water partition coefficient (Wildman–Crippen LogP) is 1.84. The van der Waals surface area contributed by atoms with Gasteiger partial charge >= 0.3 is 0 Å². The SMILES string of the molecule is C#CC(C)(C)N1CCCCC1C(C)=O. The van der Waals surface area contributed by atoms with Crippen molar-refractivity contribution in [2.75, 3.05) is 6.54 Å². The zero-order valence-electron chi connectivity index (χ0n) is 9.34. The number of hydrogen-bond donors (Lipinski definition) is 0. The molecular weight excluding hydrogens is 174 g/mol. The van der Waals surface area contributed by atoms with Crippen LogP contribution in [-0.4, -0.2) is 28.8 Å². The Kier molecular flexibility index (Phi) is 3.34. The maximum Gasteiger partial charge on any atom is 0.146 e. The number of carbonyl (C=O) groups is 1. The van der Waals surface area contributed by atoms with Gasteiger partial charge in [0.2, 0.25) is 0 Å². The maximum atomic E-state index is 11.5. The molecule has 0 aromatic heterocycles. The Balaban J connectivity index is 2.84. The van der Waals surface area contributed by atoms with E-state index in [9.17, 15) is 4.79 Å². The van der Waals surface area contributed by atoms with Gasteiger partial charge < -0.3 is 0 Å². The quantitative estimate of drug-likeness (QED) is 0.624. The number of ketones is 1. The van der Waals surface area contributed by atoms with Crippen LogP contribution in [0.3, 0.4) is 0 Å². The first-order valence-electron chi connectivity index (χ1n) is 5.24. The molecule has 0 aromatic rings. The third kappa shape index (κ3) is 2.16. The van der Waals surface area contributed by atoms with E-state index in [-0.39, 0.29) is 17.4 Å². The summed E-state index contributed by atoms with van der Waals surface area (Å²) in [6.45, 7) is 6.62. The Labute approximate surface area is 86.7 Å². The van der Waals surface area contributed by atoms with Gasteiger partial charge in [-0.2, -0.15) is 0 Å². The fraction of sp³-hybridized carbons (Fsp3) is 0.750. The van der Waals surface area contributed by atoms with E-state index < -0.39 is 0 Å². The van der Waals surface area contributed by atoms with Gasteiger partial charge in [0.25, 0.3) is 0 Å². The lowest BCUT2D eigenvalue weighted by molar-refractivity contribution is -0.125. The van der Waals surface area contributed by atoms with Crippen molar-refractivity contribution < 1.29 is 4.79 Å². The van der Waals surface area contributed by atoms with E-state index in [1.54, 1.807) is 6.92 Å². The molecule has 0 amide bonds.